The first-order chi connectivity index (χ1) is 12.2. The summed E-state index contributed by atoms with van der Waals surface area (Å²) in [6.07, 6.45) is 0. The number of anilines is 2. The average Bonchev–Trinajstić information content (AvgIpc) is 3.06. The van der Waals surface area contributed by atoms with Crippen molar-refractivity contribution in [2.24, 2.45) is 0 Å². The molecule has 0 unspecified atom stereocenters. The van der Waals surface area contributed by atoms with Crippen LogP contribution in [0.1, 0.15) is 5.56 Å². The molecule has 0 saturated carbocycles. The molecule has 0 bridgehead atoms. The SMILES string of the molecule is Nc1nnc(SCC(=O)Nc2ccc(OCc3ccccc3)cc2)s1. The second kappa shape index (κ2) is 8.50. The fourth-order valence-corrected chi connectivity index (χ4v) is 3.41. The molecule has 1 amide bonds. The summed E-state index contributed by atoms with van der Waals surface area (Å²) in [4.78, 5) is 12.0. The van der Waals surface area contributed by atoms with E-state index in [2.05, 4.69) is 15.5 Å². The number of aromatic nitrogens is 2. The van der Waals surface area contributed by atoms with E-state index in [4.69, 9.17) is 10.5 Å². The molecule has 8 heteroatoms. The van der Waals surface area contributed by atoms with E-state index in [1.54, 1.807) is 0 Å². The summed E-state index contributed by atoms with van der Waals surface area (Å²) in [6.45, 7) is 0.508. The lowest BCUT2D eigenvalue weighted by Gasteiger charge is -2.08. The molecule has 2 aromatic carbocycles. The van der Waals surface area contributed by atoms with Gasteiger partial charge in [-0.15, -0.1) is 10.2 Å². The Morgan fingerprint density at radius 1 is 1.12 bits per heavy atom. The monoisotopic (exact) mass is 372 g/mol. The third kappa shape index (κ3) is 5.47. The number of hydrogen-bond acceptors (Lipinski definition) is 7. The molecule has 1 aromatic heterocycles. The van der Waals surface area contributed by atoms with Crippen LogP contribution < -0.4 is 15.8 Å². The van der Waals surface area contributed by atoms with E-state index in [0.29, 0.717) is 16.1 Å². The second-order valence-corrected chi connectivity index (χ2v) is 7.27. The van der Waals surface area contributed by atoms with Gasteiger partial charge in [-0.25, -0.2) is 0 Å². The van der Waals surface area contributed by atoms with Crippen molar-refractivity contribution in [2.45, 2.75) is 10.9 Å². The Labute approximate surface area is 153 Å². The summed E-state index contributed by atoms with van der Waals surface area (Å²) in [7, 11) is 0. The van der Waals surface area contributed by atoms with Gasteiger partial charge in [-0.3, -0.25) is 4.79 Å². The molecular weight excluding hydrogens is 356 g/mol. The highest BCUT2D eigenvalue weighted by atomic mass is 32.2. The Bertz CT molecular complexity index is 822. The Hall–Kier alpha value is -2.58. The highest BCUT2D eigenvalue weighted by Crippen LogP contribution is 2.23. The highest BCUT2D eigenvalue weighted by Gasteiger charge is 2.07. The van der Waals surface area contributed by atoms with Gasteiger partial charge in [0.05, 0.1) is 5.75 Å². The van der Waals surface area contributed by atoms with Crippen LogP contribution in [0.25, 0.3) is 0 Å². The second-order valence-electron chi connectivity index (χ2n) is 5.04. The smallest absolute Gasteiger partial charge is 0.234 e. The van der Waals surface area contributed by atoms with E-state index >= 15 is 0 Å². The molecule has 128 valence electrons. The number of carbonyl (C=O) groups excluding carboxylic acids is 1. The maximum absolute atomic E-state index is 12.0. The molecule has 3 aromatic rings. The van der Waals surface area contributed by atoms with E-state index in [0.717, 1.165) is 17.0 Å². The van der Waals surface area contributed by atoms with E-state index in [-0.39, 0.29) is 11.7 Å². The number of benzene rings is 2. The maximum Gasteiger partial charge on any atom is 0.234 e. The summed E-state index contributed by atoms with van der Waals surface area (Å²) < 4.78 is 6.40. The summed E-state index contributed by atoms with van der Waals surface area (Å²) in [5.74, 6) is 0.887. The lowest BCUT2D eigenvalue weighted by atomic mass is 10.2. The van der Waals surface area contributed by atoms with Gasteiger partial charge in [-0.1, -0.05) is 53.4 Å². The van der Waals surface area contributed by atoms with Gasteiger partial charge in [0.15, 0.2) is 4.34 Å². The largest absolute Gasteiger partial charge is 0.489 e. The standard InChI is InChI=1S/C17H16N4O2S2/c18-16-20-21-17(25-16)24-11-15(22)19-13-6-8-14(9-7-13)23-10-12-4-2-1-3-5-12/h1-9H,10-11H2,(H2,18,20)(H,19,22). The Balaban J connectivity index is 1.46. The van der Waals surface area contributed by atoms with Crippen molar-refractivity contribution in [1.29, 1.82) is 0 Å². The Morgan fingerprint density at radius 2 is 1.88 bits per heavy atom. The number of nitrogens with one attached hydrogen (secondary N) is 1. The number of nitrogens with two attached hydrogens (primary N) is 1. The number of nitrogens with zero attached hydrogens (tertiary/aromatic N) is 2. The van der Waals surface area contributed by atoms with Gasteiger partial charge in [0.1, 0.15) is 12.4 Å². The number of hydrogen-bond donors (Lipinski definition) is 2. The first-order valence-corrected chi connectivity index (χ1v) is 9.28. The average molecular weight is 372 g/mol. The minimum absolute atomic E-state index is 0.114. The summed E-state index contributed by atoms with van der Waals surface area (Å²) >= 11 is 2.57. The number of thioether (sulfide) groups is 1. The lowest BCUT2D eigenvalue weighted by molar-refractivity contribution is -0.113. The van der Waals surface area contributed by atoms with Crippen LogP contribution in [-0.4, -0.2) is 21.9 Å². The number of ether oxygens (including phenoxy) is 1. The number of amides is 1. The molecule has 1 heterocycles. The van der Waals surface area contributed by atoms with Crippen molar-refractivity contribution in [3.63, 3.8) is 0 Å². The van der Waals surface area contributed by atoms with Crippen LogP contribution in [0.2, 0.25) is 0 Å². The van der Waals surface area contributed by atoms with Crippen molar-refractivity contribution >= 4 is 39.8 Å². The quantitative estimate of drug-likeness (QED) is 0.618. The number of carbonyl (C=O) groups is 1. The third-order valence-electron chi connectivity index (χ3n) is 3.14. The molecule has 0 aliphatic rings. The van der Waals surface area contributed by atoms with Crippen molar-refractivity contribution in [2.75, 3.05) is 16.8 Å². The molecule has 0 spiro atoms. The van der Waals surface area contributed by atoms with Gasteiger partial charge in [0.25, 0.3) is 0 Å². The molecule has 0 atom stereocenters. The van der Waals surface area contributed by atoms with Gasteiger partial charge in [0, 0.05) is 5.69 Å². The minimum Gasteiger partial charge on any atom is -0.489 e. The van der Waals surface area contributed by atoms with Crippen LogP contribution >= 0.6 is 23.1 Å². The zero-order chi connectivity index (χ0) is 17.5. The Morgan fingerprint density at radius 3 is 2.56 bits per heavy atom. The lowest BCUT2D eigenvalue weighted by Crippen LogP contribution is -2.13. The van der Waals surface area contributed by atoms with Crippen molar-refractivity contribution < 1.29 is 9.53 Å². The van der Waals surface area contributed by atoms with Gasteiger partial charge in [0.2, 0.25) is 11.0 Å². The van der Waals surface area contributed by atoms with Gasteiger partial charge >= 0.3 is 0 Å². The highest BCUT2D eigenvalue weighted by molar-refractivity contribution is 8.01. The fourth-order valence-electron chi connectivity index (χ4n) is 1.98. The molecule has 25 heavy (non-hydrogen) atoms. The first kappa shape index (κ1) is 17.2. The summed E-state index contributed by atoms with van der Waals surface area (Å²) in [6, 6.07) is 17.2. The molecule has 0 radical (unpaired) electrons. The molecular formula is C17H16N4O2S2. The van der Waals surface area contributed by atoms with Crippen LogP contribution in [0, 0.1) is 0 Å². The maximum atomic E-state index is 12.0. The van der Waals surface area contributed by atoms with Crippen LogP contribution in [0.3, 0.4) is 0 Å². The van der Waals surface area contributed by atoms with Crippen molar-refractivity contribution in [3.05, 3.63) is 60.2 Å². The first-order valence-electron chi connectivity index (χ1n) is 7.47. The van der Waals surface area contributed by atoms with Crippen LogP contribution in [0.15, 0.2) is 58.9 Å². The normalized spacial score (nSPS) is 10.4. The third-order valence-corrected chi connectivity index (χ3v) is 5.02. The topological polar surface area (TPSA) is 90.1 Å². The van der Waals surface area contributed by atoms with Crippen molar-refractivity contribution in [1.82, 2.24) is 10.2 Å². The molecule has 0 fully saturated rings. The number of nitrogen functional groups attached to an aromatic ring is 1. The molecule has 6 nitrogen and oxygen atoms in total. The van der Waals surface area contributed by atoms with Crippen molar-refractivity contribution in [3.8, 4) is 5.75 Å². The van der Waals surface area contributed by atoms with Crippen LogP contribution in [0.4, 0.5) is 10.8 Å². The molecule has 0 aliphatic heterocycles. The zero-order valence-electron chi connectivity index (χ0n) is 13.2. The van der Waals surface area contributed by atoms with Gasteiger partial charge in [-0.05, 0) is 29.8 Å². The van der Waals surface area contributed by atoms with E-state index in [9.17, 15) is 4.79 Å². The van der Waals surface area contributed by atoms with E-state index < -0.39 is 0 Å². The number of rotatable bonds is 7. The summed E-state index contributed by atoms with van der Waals surface area (Å²) in [5, 5.41) is 10.8. The molecule has 0 saturated heterocycles. The van der Waals surface area contributed by atoms with Crippen LogP contribution in [-0.2, 0) is 11.4 Å². The zero-order valence-corrected chi connectivity index (χ0v) is 14.8. The molecule has 0 aliphatic carbocycles. The predicted molar refractivity (Wildman–Crippen MR) is 101 cm³/mol. The minimum atomic E-state index is -0.114. The fraction of sp³-hybridized carbons (Fsp3) is 0.118. The Kier molecular flexibility index (Phi) is 5.86. The van der Waals surface area contributed by atoms with Gasteiger partial charge < -0.3 is 15.8 Å². The van der Waals surface area contributed by atoms with Gasteiger partial charge in [-0.2, -0.15) is 0 Å². The summed E-state index contributed by atoms with van der Waals surface area (Å²) in [5.41, 5.74) is 7.33. The molecule has 3 rings (SSSR count). The molecule has 3 N–H and O–H groups in total. The van der Waals surface area contributed by atoms with Crippen LogP contribution in [0.5, 0.6) is 5.75 Å². The predicted octanol–water partition coefficient (Wildman–Crippen LogP) is 3.43. The van der Waals surface area contributed by atoms with E-state index in [1.165, 1.54) is 23.1 Å². The van der Waals surface area contributed by atoms with E-state index in [1.807, 2.05) is 54.6 Å².